The van der Waals surface area contributed by atoms with Crippen LogP contribution in [0.5, 0.6) is 11.5 Å². The molecule has 1 fully saturated rings. The lowest BCUT2D eigenvalue weighted by atomic mass is 10.1. The number of hydrogen-bond acceptors (Lipinski definition) is 6. The molecule has 3 heterocycles. The fourth-order valence-corrected chi connectivity index (χ4v) is 3.32. The molecule has 0 unspecified atom stereocenters. The molecule has 0 saturated carbocycles. The zero-order valence-corrected chi connectivity index (χ0v) is 15.7. The van der Waals surface area contributed by atoms with Gasteiger partial charge in [0.25, 0.3) is 0 Å². The molecule has 4 rings (SSSR count). The van der Waals surface area contributed by atoms with Crippen molar-refractivity contribution in [3.05, 3.63) is 47.7 Å². The number of pyridine rings is 1. The van der Waals surface area contributed by atoms with Crippen LogP contribution in [0.25, 0.3) is 0 Å². The third-order valence-electron chi connectivity index (χ3n) is 4.85. The minimum atomic E-state index is -0.651. The number of aromatic nitrogens is 1. The average molecular weight is 382 g/mol. The number of anilines is 1. The largest absolute Gasteiger partial charge is 0.454 e. The molecule has 8 nitrogen and oxygen atoms in total. The first-order valence-electron chi connectivity index (χ1n) is 9.22. The molecule has 2 amide bonds. The second kappa shape index (κ2) is 7.85. The Labute approximate surface area is 163 Å². The Hall–Kier alpha value is -3.13. The first-order valence-corrected chi connectivity index (χ1v) is 9.22. The summed E-state index contributed by atoms with van der Waals surface area (Å²) in [5.41, 5.74) is 2.10. The SMILES string of the molecule is Cc1ccnc(NC(=O)C(=O)N2CCN(Cc3ccc4c(c3)OCO4)CC2)c1. The number of nitrogens with zero attached hydrogens (tertiary/aromatic N) is 3. The van der Waals surface area contributed by atoms with Gasteiger partial charge in [0.1, 0.15) is 5.82 Å². The highest BCUT2D eigenvalue weighted by atomic mass is 16.7. The highest BCUT2D eigenvalue weighted by molar-refractivity contribution is 6.39. The van der Waals surface area contributed by atoms with E-state index in [1.54, 1.807) is 17.2 Å². The molecule has 0 bridgehead atoms. The van der Waals surface area contributed by atoms with E-state index in [0.29, 0.717) is 32.0 Å². The van der Waals surface area contributed by atoms with E-state index in [1.165, 1.54) is 0 Å². The van der Waals surface area contributed by atoms with E-state index in [0.717, 1.165) is 29.2 Å². The second-order valence-corrected chi connectivity index (χ2v) is 6.93. The van der Waals surface area contributed by atoms with Gasteiger partial charge in [-0.25, -0.2) is 4.98 Å². The summed E-state index contributed by atoms with van der Waals surface area (Å²) in [7, 11) is 0. The number of fused-ring (bicyclic) bond motifs is 1. The van der Waals surface area contributed by atoms with Gasteiger partial charge in [0.2, 0.25) is 6.79 Å². The molecule has 1 aromatic heterocycles. The minimum Gasteiger partial charge on any atom is -0.454 e. The number of nitrogens with one attached hydrogen (secondary N) is 1. The van der Waals surface area contributed by atoms with Crippen molar-refractivity contribution in [3.63, 3.8) is 0 Å². The van der Waals surface area contributed by atoms with Gasteiger partial charge in [0.15, 0.2) is 11.5 Å². The lowest BCUT2D eigenvalue weighted by Gasteiger charge is -2.34. The summed E-state index contributed by atoms with van der Waals surface area (Å²) in [5, 5.41) is 2.57. The molecular weight excluding hydrogens is 360 g/mol. The molecule has 0 spiro atoms. The van der Waals surface area contributed by atoms with E-state index < -0.39 is 11.8 Å². The van der Waals surface area contributed by atoms with Gasteiger partial charge in [-0.3, -0.25) is 14.5 Å². The number of benzene rings is 1. The third kappa shape index (κ3) is 4.07. The third-order valence-corrected chi connectivity index (χ3v) is 4.85. The maximum atomic E-state index is 12.4. The standard InChI is InChI=1S/C20H22N4O4/c1-14-4-5-21-18(10-14)22-19(25)20(26)24-8-6-23(7-9-24)12-15-2-3-16-17(11-15)28-13-27-16/h2-5,10-11H,6-9,12-13H2,1H3,(H,21,22,25). The quantitative estimate of drug-likeness (QED) is 0.808. The minimum absolute atomic E-state index is 0.264. The van der Waals surface area contributed by atoms with E-state index in [4.69, 9.17) is 9.47 Å². The number of amides is 2. The molecule has 1 aromatic carbocycles. The Bertz CT molecular complexity index is 894. The van der Waals surface area contributed by atoms with Gasteiger partial charge < -0.3 is 19.7 Å². The van der Waals surface area contributed by atoms with Crippen LogP contribution in [0, 0.1) is 6.92 Å². The molecule has 0 atom stereocenters. The van der Waals surface area contributed by atoms with Crippen molar-refractivity contribution in [2.45, 2.75) is 13.5 Å². The van der Waals surface area contributed by atoms with Crippen molar-refractivity contribution in [1.82, 2.24) is 14.8 Å². The summed E-state index contributed by atoms with van der Waals surface area (Å²) >= 11 is 0. The predicted molar refractivity (Wildman–Crippen MR) is 102 cm³/mol. The molecule has 8 heteroatoms. The molecule has 0 radical (unpaired) electrons. The Balaban J connectivity index is 1.28. The van der Waals surface area contributed by atoms with Crippen molar-refractivity contribution < 1.29 is 19.1 Å². The highest BCUT2D eigenvalue weighted by Crippen LogP contribution is 2.32. The van der Waals surface area contributed by atoms with E-state index in [1.807, 2.05) is 31.2 Å². The van der Waals surface area contributed by atoms with E-state index in [-0.39, 0.29) is 6.79 Å². The summed E-state index contributed by atoms with van der Waals surface area (Å²) in [6.45, 7) is 5.36. The van der Waals surface area contributed by atoms with E-state index in [9.17, 15) is 9.59 Å². The first kappa shape index (κ1) is 18.2. The van der Waals surface area contributed by atoms with Crippen LogP contribution in [-0.2, 0) is 16.1 Å². The highest BCUT2D eigenvalue weighted by Gasteiger charge is 2.26. The molecule has 1 saturated heterocycles. The molecule has 1 N–H and O–H groups in total. The topological polar surface area (TPSA) is 84.0 Å². The van der Waals surface area contributed by atoms with Gasteiger partial charge in [0, 0.05) is 38.9 Å². The normalized spacial score (nSPS) is 16.1. The Kier molecular flexibility index (Phi) is 5.12. The molecule has 0 aliphatic carbocycles. The van der Waals surface area contributed by atoms with Crippen molar-refractivity contribution in [3.8, 4) is 11.5 Å². The number of aryl methyl sites for hydroxylation is 1. The summed E-state index contributed by atoms with van der Waals surface area (Å²) in [5.74, 6) is 0.758. The first-order chi connectivity index (χ1) is 13.6. The lowest BCUT2D eigenvalue weighted by molar-refractivity contribution is -0.144. The van der Waals surface area contributed by atoms with Crippen LogP contribution in [0.4, 0.5) is 5.82 Å². The summed E-state index contributed by atoms with van der Waals surface area (Å²) in [6, 6.07) is 9.49. The zero-order chi connectivity index (χ0) is 19.5. The van der Waals surface area contributed by atoms with Gasteiger partial charge in [-0.05, 0) is 42.3 Å². The Morgan fingerprint density at radius 3 is 2.64 bits per heavy atom. The summed E-state index contributed by atoms with van der Waals surface area (Å²) < 4.78 is 10.7. The fourth-order valence-electron chi connectivity index (χ4n) is 3.32. The zero-order valence-electron chi connectivity index (χ0n) is 15.7. The number of ether oxygens (including phenoxy) is 2. The van der Waals surface area contributed by atoms with Gasteiger partial charge >= 0.3 is 11.8 Å². The monoisotopic (exact) mass is 382 g/mol. The van der Waals surface area contributed by atoms with Gasteiger partial charge in [-0.1, -0.05) is 6.07 Å². The predicted octanol–water partition coefficient (Wildman–Crippen LogP) is 1.40. The van der Waals surface area contributed by atoms with E-state index in [2.05, 4.69) is 15.2 Å². The van der Waals surface area contributed by atoms with E-state index >= 15 is 0 Å². The summed E-state index contributed by atoms with van der Waals surface area (Å²) in [4.78, 5) is 32.5. The van der Waals surface area contributed by atoms with Crippen LogP contribution in [0.1, 0.15) is 11.1 Å². The van der Waals surface area contributed by atoms with Crippen LogP contribution in [-0.4, -0.2) is 59.6 Å². The van der Waals surface area contributed by atoms with Crippen LogP contribution < -0.4 is 14.8 Å². The molecular formula is C20H22N4O4. The molecule has 2 aromatic rings. The van der Waals surface area contributed by atoms with Crippen LogP contribution in [0.15, 0.2) is 36.5 Å². The second-order valence-electron chi connectivity index (χ2n) is 6.93. The lowest BCUT2D eigenvalue weighted by Crippen LogP contribution is -2.51. The van der Waals surface area contributed by atoms with Crippen LogP contribution in [0.3, 0.4) is 0 Å². The van der Waals surface area contributed by atoms with Crippen molar-refractivity contribution in [2.75, 3.05) is 38.3 Å². The molecule has 146 valence electrons. The molecule has 2 aliphatic heterocycles. The summed E-state index contributed by atoms with van der Waals surface area (Å²) in [6.07, 6.45) is 1.60. The molecule has 28 heavy (non-hydrogen) atoms. The number of piperazine rings is 1. The average Bonchev–Trinajstić information content (AvgIpc) is 3.16. The fraction of sp³-hybridized carbons (Fsp3) is 0.350. The number of rotatable bonds is 3. The van der Waals surface area contributed by atoms with Crippen molar-refractivity contribution >= 4 is 17.6 Å². The Morgan fingerprint density at radius 1 is 1.07 bits per heavy atom. The van der Waals surface area contributed by atoms with Gasteiger partial charge in [0.05, 0.1) is 0 Å². The van der Waals surface area contributed by atoms with Crippen LogP contribution in [0.2, 0.25) is 0 Å². The maximum Gasteiger partial charge on any atom is 0.315 e. The van der Waals surface area contributed by atoms with Crippen molar-refractivity contribution in [1.29, 1.82) is 0 Å². The maximum absolute atomic E-state index is 12.4. The van der Waals surface area contributed by atoms with Gasteiger partial charge in [-0.15, -0.1) is 0 Å². The molecule has 2 aliphatic rings. The van der Waals surface area contributed by atoms with Crippen molar-refractivity contribution in [2.24, 2.45) is 0 Å². The number of carbonyl (C=O) groups excluding carboxylic acids is 2. The van der Waals surface area contributed by atoms with Crippen LogP contribution >= 0.6 is 0 Å². The number of carbonyl (C=O) groups is 2. The smallest absolute Gasteiger partial charge is 0.315 e. The van der Waals surface area contributed by atoms with Gasteiger partial charge in [-0.2, -0.15) is 0 Å². The number of hydrogen-bond donors (Lipinski definition) is 1. The Morgan fingerprint density at radius 2 is 1.86 bits per heavy atom.